The van der Waals surface area contributed by atoms with E-state index in [1.165, 1.54) is 5.56 Å². The number of carboxylic acid groups (broad SMARTS) is 1. The highest BCUT2D eigenvalue weighted by molar-refractivity contribution is 5.84. The first-order chi connectivity index (χ1) is 9.16. The van der Waals surface area contributed by atoms with Gasteiger partial charge in [-0.3, -0.25) is 4.98 Å². The Morgan fingerprint density at radius 3 is 3.00 bits per heavy atom. The maximum Gasteiger partial charge on any atom is 0.371 e. The molecular formula is C14H16N2O3. The molecule has 0 aromatic carbocycles. The first kappa shape index (κ1) is 13.3. The zero-order valence-electron chi connectivity index (χ0n) is 10.7. The maximum absolute atomic E-state index is 10.8. The van der Waals surface area contributed by atoms with E-state index in [2.05, 4.69) is 10.3 Å². The van der Waals surface area contributed by atoms with Crippen LogP contribution in [0.4, 0.5) is 0 Å². The zero-order valence-corrected chi connectivity index (χ0v) is 10.7. The molecule has 0 aliphatic heterocycles. The van der Waals surface area contributed by atoms with Crippen molar-refractivity contribution in [3.8, 4) is 0 Å². The first-order valence-electron chi connectivity index (χ1n) is 6.09. The minimum absolute atomic E-state index is 0.0124. The summed E-state index contributed by atoms with van der Waals surface area (Å²) in [4.78, 5) is 14.8. The zero-order chi connectivity index (χ0) is 13.7. The highest BCUT2D eigenvalue weighted by Crippen LogP contribution is 2.14. The number of hydrogen-bond donors (Lipinski definition) is 2. The molecule has 2 N–H and O–H groups in total. The third kappa shape index (κ3) is 3.66. The van der Waals surface area contributed by atoms with Crippen LogP contribution in [-0.4, -0.2) is 22.6 Å². The van der Waals surface area contributed by atoms with Gasteiger partial charge in [-0.15, -0.1) is 0 Å². The Balaban J connectivity index is 1.81. The van der Waals surface area contributed by atoms with Gasteiger partial charge in [-0.05, 0) is 37.6 Å². The molecule has 19 heavy (non-hydrogen) atoms. The second-order valence-electron chi connectivity index (χ2n) is 4.29. The van der Waals surface area contributed by atoms with Gasteiger partial charge in [0.15, 0.2) is 0 Å². The fourth-order valence-electron chi connectivity index (χ4n) is 1.80. The SMILES string of the molecule is Cc1oc(C(=O)O)cc1CNCCc1cccnc1. The van der Waals surface area contributed by atoms with Gasteiger partial charge in [0.2, 0.25) is 5.76 Å². The van der Waals surface area contributed by atoms with E-state index in [4.69, 9.17) is 9.52 Å². The fourth-order valence-corrected chi connectivity index (χ4v) is 1.80. The van der Waals surface area contributed by atoms with Crippen LogP contribution >= 0.6 is 0 Å². The van der Waals surface area contributed by atoms with Gasteiger partial charge in [0, 0.05) is 24.5 Å². The standard InChI is InChI=1S/C14H16N2O3/c1-10-12(7-13(19-10)14(17)18)9-16-6-4-11-3-2-5-15-8-11/h2-3,5,7-8,16H,4,6,9H2,1H3,(H,17,18). The maximum atomic E-state index is 10.8. The number of hydrogen-bond acceptors (Lipinski definition) is 4. The van der Waals surface area contributed by atoms with Crippen LogP contribution in [0, 0.1) is 6.92 Å². The van der Waals surface area contributed by atoms with Crippen LogP contribution in [0.5, 0.6) is 0 Å². The molecule has 5 nitrogen and oxygen atoms in total. The van der Waals surface area contributed by atoms with Crippen molar-refractivity contribution < 1.29 is 14.3 Å². The van der Waals surface area contributed by atoms with Gasteiger partial charge in [-0.25, -0.2) is 4.79 Å². The van der Waals surface area contributed by atoms with Crippen molar-refractivity contribution >= 4 is 5.97 Å². The molecule has 0 atom stereocenters. The Hall–Kier alpha value is -2.14. The third-order valence-corrected chi connectivity index (χ3v) is 2.86. The molecule has 2 rings (SSSR count). The summed E-state index contributed by atoms with van der Waals surface area (Å²) in [6.07, 6.45) is 4.48. The van der Waals surface area contributed by atoms with E-state index in [1.807, 2.05) is 18.3 Å². The molecule has 0 radical (unpaired) electrons. The van der Waals surface area contributed by atoms with E-state index < -0.39 is 5.97 Å². The van der Waals surface area contributed by atoms with Crippen molar-refractivity contribution in [3.05, 3.63) is 53.2 Å². The molecule has 0 saturated heterocycles. The van der Waals surface area contributed by atoms with Crippen LogP contribution in [-0.2, 0) is 13.0 Å². The number of furan rings is 1. The molecule has 0 saturated carbocycles. The number of aryl methyl sites for hydroxylation is 1. The average Bonchev–Trinajstić information content (AvgIpc) is 2.78. The Morgan fingerprint density at radius 1 is 1.53 bits per heavy atom. The van der Waals surface area contributed by atoms with Crippen LogP contribution in [0.1, 0.15) is 27.4 Å². The summed E-state index contributed by atoms with van der Waals surface area (Å²) in [7, 11) is 0. The van der Waals surface area contributed by atoms with E-state index in [-0.39, 0.29) is 5.76 Å². The fraction of sp³-hybridized carbons (Fsp3) is 0.286. The molecule has 0 aliphatic rings. The molecule has 2 aromatic rings. The molecular weight excluding hydrogens is 244 g/mol. The minimum Gasteiger partial charge on any atom is -0.475 e. The lowest BCUT2D eigenvalue weighted by Gasteiger charge is -2.03. The summed E-state index contributed by atoms with van der Waals surface area (Å²) in [5.74, 6) is -0.405. The molecule has 0 aliphatic carbocycles. The van der Waals surface area contributed by atoms with Gasteiger partial charge in [0.25, 0.3) is 0 Å². The van der Waals surface area contributed by atoms with E-state index in [9.17, 15) is 4.79 Å². The van der Waals surface area contributed by atoms with Gasteiger partial charge in [-0.1, -0.05) is 6.07 Å². The predicted octanol–water partition coefficient (Wildman–Crippen LogP) is 2.01. The number of rotatable bonds is 6. The smallest absolute Gasteiger partial charge is 0.371 e. The van der Waals surface area contributed by atoms with E-state index in [0.29, 0.717) is 12.3 Å². The first-order valence-corrected chi connectivity index (χ1v) is 6.09. The topological polar surface area (TPSA) is 75.4 Å². The van der Waals surface area contributed by atoms with Crippen molar-refractivity contribution in [3.63, 3.8) is 0 Å². The second kappa shape index (κ2) is 6.15. The lowest BCUT2D eigenvalue weighted by molar-refractivity contribution is 0.0661. The van der Waals surface area contributed by atoms with Crippen LogP contribution in [0.15, 0.2) is 35.0 Å². The lowest BCUT2D eigenvalue weighted by Crippen LogP contribution is -2.16. The van der Waals surface area contributed by atoms with E-state index in [0.717, 1.165) is 18.5 Å². The van der Waals surface area contributed by atoms with E-state index >= 15 is 0 Å². The summed E-state index contributed by atoms with van der Waals surface area (Å²) in [6, 6.07) is 5.50. The van der Waals surface area contributed by atoms with E-state index in [1.54, 1.807) is 19.2 Å². The van der Waals surface area contributed by atoms with Crippen molar-refractivity contribution in [2.45, 2.75) is 19.9 Å². The van der Waals surface area contributed by atoms with Crippen LogP contribution < -0.4 is 5.32 Å². The number of nitrogens with one attached hydrogen (secondary N) is 1. The molecule has 5 heteroatoms. The number of nitrogens with zero attached hydrogens (tertiary/aromatic N) is 1. The lowest BCUT2D eigenvalue weighted by atomic mass is 10.2. The van der Waals surface area contributed by atoms with Gasteiger partial charge >= 0.3 is 5.97 Å². The van der Waals surface area contributed by atoms with Gasteiger partial charge in [-0.2, -0.15) is 0 Å². The quantitative estimate of drug-likeness (QED) is 0.777. The Labute approximate surface area is 111 Å². The number of carbonyl (C=O) groups is 1. The molecule has 0 fully saturated rings. The van der Waals surface area contributed by atoms with Crippen molar-refractivity contribution in [2.24, 2.45) is 0 Å². The Bertz CT molecular complexity index is 549. The number of aromatic carboxylic acids is 1. The molecule has 2 aromatic heterocycles. The normalized spacial score (nSPS) is 10.6. The number of aromatic nitrogens is 1. The Morgan fingerprint density at radius 2 is 2.37 bits per heavy atom. The largest absolute Gasteiger partial charge is 0.475 e. The summed E-state index contributed by atoms with van der Waals surface area (Å²) in [5.41, 5.74) is 2.05. The van der Waals surface area contributed by atoms with Crippen molar-refractivity contribution in [2.75, 3.05) is 6.54 Å². The predicted molar refractivity (Wildman–Crippen MR) is 70.1 cm³/mol. The van der Waals surface area contributed by atoms with Crippen LogP contribution in [0.2, 0.25) is 0 Å². The monoisotopic (exact) mass is 260 g/mol. The highest BCUT2D eigenvalue weighted by Gasteiger charge is 2.12. The molecule has 0 bridgehead atoms. The van der Waals surface area contributed by atoms with Crippen molar-refractivity contribution in [1.29, 1.82) is 0 Å². The highest BCUT2D eigenvalue weighted by atomic mass is 16.4. The van der Waals surface area contributed by atoms with Gasteiger partial charge < -0.3 is 14.8 Å². The van der Waals surface area contributed by atoms with Crippen molar-refractivity contribution in [1.82, 2.24) is 10.3 Å². The summed E-state index contributed by atoms with van der Waals surface area (Å²) in [6.45, 7) is 3.17. The molecule has 0 amide bonds. The molecule has 2 heterocycles. The minimum atomic E-state index is -1.04. The number of carboxylic acids is 1. The summed E-state index contributed by atoms with van der Waals surface area (Å²) < 4.78 is 5.14. The van der Waals surface area contributed by atoms with Gasteiger partial charge in [0.1, 0.15) is 5.76 Å². The third-order valence-electron chi connectivity index (χ3n) is 2.86. The molecule has 100 valence electrons. The summed E-state index contributed by atoms with van der Waals surface area (Å²) >= 11 is 0. The number of pyridine rings is 1. The van der Waals surface area contributed by atoms with Gasteiger partial charge in [0.05, 0.1) is 0 Å². The average molecular weight is 260 g/mol. The van der Waals surface area contributed by atoms with Crippen LogP contribution in [0.3, 0.4) is 0 Å². The molecule has 0 unspecified atom stereocenters. The molecule has 0 spiro atoms. The second-order valence-corrected chi connectivity index (χ2v) is 4.29. The summed E-state index contributed by atoms with van der Waals surface area (Å²) in [5, 5.41) is 12.1. The van der Waals surface area contributed by atoms with Crippen LogP contribution in [0.25, 0.3) is 0 Å². The Kier molecular flexibility index (Phi) is 4.30.